The van der Waals surface area contributed by atoms with Crippen LogP contribution in [0, 0.1) is 5.92 Å². The lowest BCUT2D eigenvalue weighted by molar-refractivity contribution is 0.0373. The molecule has 3 atom stereocenters. The van der Waals surface area contributed by atoms with Crippen LogP contribution >= 0.6 is 0 Å². The highest BCUT2D eigenvalue weighted by Crippen LogP contribution is 2.35. The minimum absolute atomic E-state index is 0.208. The summed E-state index contributed by atoms with van der Waals surface area (Å²) in [6, 6.07) is 21.8. The molecule has 40 heavy (non-hydrogen) atoms. The number of benzene rings is 3. The fraction of sp³-hybridized carbons (Fsp3) is 0.300. The van der Waals surface area contributed by atoms with Gasteiger partial charge in [0.15, 0.2) is 5.75 Å². The van der Waals surface area contributed by atoms with Gasteiger partial charge in [0.25, 0.3) is 5.91 Å². The number of anilines is 3. The number of carbonyl (C=O) groups excluding carboxylic acids is 3. The Morgan fingerprint density at radius 3 is 2.23 bits per heavy atom. The third-order valence-corrected chi connectivity index (χ3v) is 6.80. The van der Waals surface area contributed by atoms with E-state index in [2.05, 4.69) is 16.0 Å². The predicted molar refractivity (Wildman–Crippen MR) is 155 cm³/mol. The molecule has 0 radical (unpaired) electrons. The van der Waals surface area contributed by atoms with Crippen LogP contribution in [0.3, 0.4) is 0 Å². The molecule has 1 heterocycles. The zero-order valence-corrected chi connectivity index (χ0v) is 22.8. The van der Waals surface area contributed by atoms with Crippen molar-refractivity contribution in [3.05, 3.63) is 84.4 Å². The molecule has 10 heteroatoms. The first-order valence-corrected chi connectivity index (χ1v) is 13.2. The van der Waals surface area contributed by atoms with Crippen LogP contribution in [0.15, 0.2) is 78.9 Å². The third kappa shape index (κ3) is 6.89. The molecule has 210 valence electrons. The number of nitrogens with zero attached hydrogens (tertiary/aromatic N) is 2. The minimum atomic E-state index is -0.535. The number of hydrogen-bond donors (Lipinski definition) is 4. The number of carbonyl (C=O) groups is 3. The van der Waals surface area contributed by atoms with E-state index in [1.54, 1.807) is 61.3 Å². The van der Waals surface area contributed by atoms with E-state index in [0.717, 1.165) is 0 Å². The molecule has 4 rings (SSSR count). The summed E-state index contributed by atoms with van der Waals surface area (Å²) in [5, 5.41) is 18.3. The van der Waals surface area contributed by atoms with Crippen LogP contribution in [0.4, 0.5) is 26.7 Å². The van der Waals surface area contributed by atoms with Crippen molar-refractivity contribution in [1.29, 1.82) is 0 Å². The van der Waals surface area contributed by atoms with Crippen molar-refractivity contribution in [2.24, 2.45) is 5.92 Å². The summed E-state index contributed by atoms with van der Waals surface area (Å²) >= 11 is 0. The molecule has 0 spiro atoms. The molecule has 3 aromatic rings. The molecule has 1 aliphatic heterocycles. The van der Waals surface area contributed by atoms with E-state index in [4.69, 9.17) is 4.74 Å². The Morgan fingerprint density at radius 1 is 0.975 bits per heavy atom. The average Bonchev–Trinajstić information content (AvgIpc) is 2.95. The van der Waals surface area contributed by atoms with Gasteiger partial charge in [-0.1, -0.05) is 49.4 Å². The number of amides is 5. The predicted octanol–water partition coefficient (Wildman–Crippen LogP) is 4.71. The number of hydrogen-bond acceptors (Lipinski definition) is 5. The van der Waals surface area contributed by atoms with Gasteiger partial charge in [-0.15, -0.1) is 0 Å². The maximum atomic E-state index is 13.6. The third-order valence-electron chi connectivity index (χ3n) is 6.80. The Bertz CT molecular complexity index is 1320. The highest BCUT2D eigenvalue weighted by Gasteiger charge is 2.35. The SMILES string of the molecule is C[C@H]1CN([C@@H](C)CO)C(=O)c2cccc(NC(=O)Nc3ccccc3)c2O[C@@H]1CN(C)C(=O)Nc1ccccc1. The van der Waals surface area contributed by atoms with E-state index in [1.165, 1.54) is 4.90 Å². The molecule has 0 aliphatic carbocycles. The number of likely N-dealkylation sites (N-methyl/N-ethyl adjacent to an activating group) is 1. The number of para-hydroxylation sites is 3. The number of nitrogens with one attached hydrogen (secondary N) is 3. The first kappa shape index (κ1) is 28.4. The van der Waals surface area contributed by atoms with Gasteiger partial charge in [0, 0.05) is 30.9 Å². The number of aliphatic hydroxyl groups excluding tert-OH is 1. The highest BCUT2D eigenvalue weighted by molar-refractivity contribution is 6.04. The van der Waals surface area contributed by atoms with Crippen LogP contribution in [0.1, 0.15) is 24.2 Å². The first-order valence-electron chi connectivity index (χ1n) is 13.2. The molecule has 0 fully saturated rings. The molecule has 10 nitrogen and oxygen atoms in total. The van der Waals surface area contributed by atoms with Crippen LogP contribution in [0.2, 0.25) is 0 Å². The van der Waals surface area contributed by atoms with E-state index in [0.29, 0.717) is 23.6 Å². The molecular formula is C30H35N5O5. The van der Waals surface area contributed by atoms with Crippen molar-refractivity contribution in [2.45, 2.75) is 26.0 Å². The number of aliphatic hydroxyl groups is 1. The summed E-state index contributed by atoms with van der Waals surface area (Å²) in [4.78, 5) is 42.6. The largest absolute Gasteiger partial charge is 0.485 e. The highest BCUT2D eigenvalue weighted by atomic mass is 16.5. The summed E-state index contributed by atoms with van der Waals surface area (Å²) in [5.41, 5.74) is 1.84. The monoisotopic (exact) mass is 545 g/mol. The van der Waals surface area contributed by atoms with E-state index in [-0.39, 0.29) is 42.3 Å². The van der Waals surface area contributed by atoms with Gasteiger partial charge in [-0.25, -0.2) is 9.59 Å². The maximum Gasteiger partial charge on any atom is 0.323 e. The van der Waals surface area contributed by atoms with E-state index in [9.17, 15) is 19.5 Å². The summed E-state index contributed by atoms with van der Waals surface area (Å²) in [5.74, 6) is -0.326. The van der Waals surface area contributed by atoms with Crippen molar-refractivity contribution in [2.75, 3.05) is 42.7 Å². The Balaban J connectivity index is 1.62. The lowest BCUT2D eigenvalue weighted by Crippen LogP contribution is -2.50. The topological polar surface area (TPSA) is 123 Å². The molecule has 0 aromatic heterocycles. The fourth-order valence-electron chi connectivity index (χ4n) is 4.46. The molecule has 1 aliphatic rings. The van der Waals surface area contributed by atoms with Gasteiger partial charge in [0.05, 0.1) is 30.4 Å². The van der Waals surface area contributed by atoms with Crippen LogP contribution in [0.5, 0.6) is 5.75 Å². The molecule has 0 unspecified atom stereocenters. The summed E-state index contributed by atoms with van der Waals surface area (Å²) < 4.78 is 6.46. The molecule has 0 bridgehead atoms. The van der Waals surface area contributed by atoms with Gasteiger partial charge in [0.1, 0.15) is 6.10 Å². The normalized spacial score (nSPS) is 17.4. The van der Waals surface area contributed by atoms with Crippen molar-refractivity contribution in [1.82, 2.24) is 9.80 Å². The molecule has 4 N–H and O–H groups in total. The Hall–Kier alpha value is -4.57. The van der Waals surface area contributed by atoms with Gasteiger partial charge in [-0.05, 0) is 43.3 Å². The van der Waals surface area contributed by atoms with E-state index >= 15 is 0 Å². The number of ether oxygens (including phenoxy) is 1. The molecular weight excluding hydrogens is 510 g/mol. The lowest BCUT2D eigenvalue weighted by Gasteiger charge is -2.38. The van der Waals surface area contributed by atoms with Crippen molar-refractivity contribution >= 4 is 35.0 Å². The lowest BCUT2D eigenvalue weighted by atomic mass is 9.99. The van der Waals surface area contributed by atoms with Gasteiger partial charge in [-0.2, -0.15) is 0 Å². The molecule has 3 aromatic carbocycles. The Kier molecular flexibility index (Phi) is 9.23. The van der Waals surface area contributed by atoms with Crippen LogP contribution < -0.4 is 20.7 Å². The van der Waals surface area contributed by atoms with E-state index < -0.39 is 18.2 Å². The zero-order chi connectivity index (χ0) is 28.6. The van der Waals surface area contributed by atoms with Crippen LogP contribution in [-0.4, -0.2) is 71.8 Å². The second kappa shape index (κ2) is 13.0. The van der Waals surface area contributed by atoms with E-state index in [1.807, 2.05) is 43.3 Å². The van der Waals surface area contributed by atoms with Crippen molar-refractivity contribution in [3.8, 4) is 5.75 Å². The zero-order valence-electron chi connectivity index (χ0n) is 22.8. The van der Waals surface area contributed by atoms with Gasteiger partial charge in [-0.3, -0.25) is 4.79 Å². The van der Waals surface area contributed by atoms with Crippen molar-refractivity contribution in [3.63, 3.8) is 0 Å². The van der Waals surface area contributed by atoms with Crippen molar-refractivity contribution < 1.29 is 24.2 Å². The second-order valence-corrected chi connectivity index (χ2v) is 9.93. The summed E-state index contributed by atoms with van der Waals surface area (Å²) in [7, 11) is 1.67. The maximum absolute atomic E-state index is 13.6. The fourth-order valence-corrected chi connectivity index (χ4v) is 4.46. The molecule has 0 saturated carbocycles. The minimum Gasteiger partial charge on any atom is -0.485 e. The van der Waals surface area contributed by atoms with Gasteiger partial charge < -0.3 is 35.6 Å². The smallest absolute Gasteiger partial charge is 0.323 e. The Morgan fingerprint density at radius 2 is 1.60 bits per heavy atom. The van der Waals surface area contributed by atoms with Crippen LogP contribution in [-0.2, 0) is 0 Å². The standard InChI is InChI=1S/C30H35N5O5/c1-20-17-35(21(2)19-36)28(37)24-15-10-16-25(33-29(38)31-22-11-6-4-7-12-22)27(24)40-26(20)18-34(3)30(39)32-23-13-8-5-9-14-23/h4-16,20-21,26,36H,17-19H2,1-3H3,(H,32,39)(H2,31,33,38)/t20-,21-,26+/m0/s1. The second-order valence-electron chi connectivity index (χ2n) is 9.93. The first-order chi connectivity index (χ1) is 19.3. The number of rotatable bonds is 7. The quantitative estimate of drug-likeness (QED) is 0.342. The summed E-state index contributed by atoms with van der Waals surface area (Å²) in [6.07, 6.45) is -0.535. The molecule has 5 amide bonds. The van der Waals surface area contributed by atoms with Gasteiger partial charge in [0.2, 0.25) is 0 Å². The summed E-state index contributed by atoms with van der Waals surface area (Å²) in [6.45, 7) is 4.01. The van der Waals surface area contributed by atoms with Crippen LogP contribution in [0.25, 0.3) is 0 Å². The Labute approximate surface area is 233 Å². The van der Waals surface area contributed by atoms with Gasteiger partial charge >= 0.3 is 12.1 Å². The number of fused-ring (bicyclic) bond motifs is 1. The number of urea groups is 2. The molecule has 0 saturated heterocycles. The average molecular weight is 546 g/mol.